The summed E-state index contributed by atoms with van der Waals surface area (Å²) >= 11 is 0. The molecule has 0 heterocycles. The predicted octanol–water partition coefficient (Wildman–Crippen LogP) is 3.37. The number of hydrogen-bond acceptors (Lipinski definition) is 2. The van der Waals surface area contributed by atoms with Gasteiger partial charge in [-0.25, -0.2) is 4.39 Å². The minimum atomic E-state index is -0.397. The Labute approximate surface area is 124 Å². The van der Waals surface area contributed by atoms with Crippen molar-refractivity contribution in [3.8, 4) is 17.6 Å². The minimum absolute atomic E-state index is 0.270. The maximum atomic E-state index is 13.5. The van der Waals surface area contributed by atoms with E-state index in [4.69, 9.17) is 9.84 Å². The Morgan fingerprint density at radius 1 is 1.14 bits per heavy atom. The lowest BCUT2D eigenvalue weighted by Crippen LogP contribution is -1.99. The molecule has 3 heteroatoms. The number of halogens is 1. The van der Waals surface area contributed by atoms with Crippen LogP contribution in [0.5, 0.6) is 5.75 Å². The van der Waals surface area contributed by atoms with E-state index >= 15 is 0 Å². The lowest BCUT2D eigenvalue weighted by Gasteiger charge is -2.10. The molecule has 0 aliphatic heterocycles. The molecule has 0 saturated heterocycles. The third-order valence-corrected chi connectivity index (χ3v) is 3.07. The molecule has 0 amide bonds. The molecule has 2 nitrogen and oxygen atoms in total. The quantitative estimate of drug-likeness (QED) is 0.876. The number of benzene rings is 2. The van der Waals surface area contributed by atoms with Crippen molar-refractivity contribution < 1.29 is 14.2 Å². The van der Waals surface area contributed by atoms with Crippen molar-refractivity contribution in [1.29, 1.82) is 0 Å². The van der Waals surface area contributed by atoms with Gasteiger partial charge in [-0.1, -0.05) is 30.0 Å². The molecule has 0 aliphatic rings. The summed E-state index contributed by atoms with van der Waals surface area (Å²) < 4.78 is 19.3. The molecule has 0 aliphatic carbocycles. The average Bonchev–Trinajstić information content (AvgIpc) is 2.48. The van der Waals surface area contributed by atoms with Crippen LogP contribution >= 0.6 is 0 Å². The van der Waals surface area contributed by atoms with Crippen LogP contribution in [0, 0.1) is 31.5 Å². The van der Waals surface area contributed by atoms with Crippen LogP contribution in [0.25, 0.3) is 0 Å². The molecule has 0 atom stereocenters. The molecule has 1 N–H and O–H groups in total. The normalized spacial score (nSPS) is 9.90. The van der Waals surface area contributed by atoms with Crippen molar-refractivity contribution in [3.05, 3.63) is 64.5 Å². The molecule has 0 aromatic heterocycles. The van der Waals surface area contributed by atoms with E-state index in [1.165, 1.54) is 6.07 Å². The van der Waals surface area contributed by atoms with Gasteiger partial charge in [0.2, 0.25) is 0 Å². The highest BCUT2D eigenvalue weighted by Gasteiger charge is 2.04. The first-order valence-electron chi connectivity index (χ1n) is 6.68. The second-order valence-electron chi connectivity index (χ2n) is 4.83. The van der Waals surface area contributed by atoms with Crippen LogP contribution in [-0.2, 0) is 6.61 Å². The average molecular weight is 284 g/mol. The van der Waals surface area contributed by atoms with Crippen molar-refractivity contribution in [1.82, 2.24) is 0 Å². The fraction of sp³-hybridized carbons (Fsp3) is 0.222. The molecule has 0 saturated carbocycles. The molecule has 0 bridgehead atoms. The summed E-state index contributed by atoms with van der Waals surface area (Å²) in [4.78, 5) is 0. The van der Waals surface area contributed by atoms with E-state index in [-0.39, 0.29) is 12.2 Å². The van der Waals surface area contributed by atoms with Gasteiger partial charge in [0.25, 0.3) is 0 Å². The van der Waals surface area contributed by atoms with Crippen molar-refractivity contribution in [2.24, 2.45) is 0 Å². The maximum absolute atomic E-state index is 13.5. The number of rotatable bonds is 3. The van der Waals surface area contributed by atoms with Gasteiger partial charge >= 0.3 is 0 Å². The third kappa shape index (κ3) is 4.08. The third-order valence-electron chi connectivity index (χ3n) is 3.07. The summed E-state index contributed by atoms with van der Waals surface area (Å²) in [5.74, 6) is 5.46. The number of aliphatic hydroxyl groups excluding tert-OH is 1. The predicted molar refractivity (Wildman–Crippen MR) is 80.6 cm³/mol. The fourth-order valence-electron chi connectivity index (χ4n) is 1.92. The zero-order valence-electron chi connectivity index (χ0n) is 12.1. The number of aryl methyl sites for hydroxylation is 2. The summed E-state index contributed by atoms with van der Waals surface area (Å²) in [5, 5.41) is 8.68. The molecular formula is C18H17FO2. The number of hydrogen-bond donors (Lipinski definition) is 1. The van der Waals surface area contributed by atoms with Gasteiger partial charge in [-0.15, -0.1) is 0 Å². The second kappa shape index (κ2) is 6.92. The Bertz CT molecular complexity index is 696. The van der Waals surface area contributed by atoms with Crippen LogP contribution < -0.4 is 4.74 Å². The standard InChI is InChI=1S/C18H17FO2/c1-13-5-6-14(2)18(10-13)21-12-15-7-8-17(19)16(11-15)4-3-9-20/h5-8,10-11,20H,9,12H2,1-2H3. The zero-order valence-corrected chi connectivity index (χ0v) is 12.1. The number of ether oxygens (including phenoxy) is 1. The summed E-state index contributed by atoms with van der Waals surface area (Å²) in [7, 11) is 0. The topological polar surface area (TPSA) is 29.5 Å². The van der Waals surface area contributed by atoms with E-state index in [1.54, 1.807) is 12.1 Å². The van der Waals surface area contributed by atoms with Gasteiger partial charge in [-0.2, -0.15) is 0 Å². The van der Waals surface area contributed by atoms with Crippen LogP contribution in [0.4, 0.5) is 4.39 Å². The van der Waals surface area contributed by atoms with E-state index in [2.05, 4.69) is 11.8 Å². The van der Waals surface area contributed by atoms with Crippen LogP contribution in [-0.4, -0.2) is 11.7 Å². The zero-order chi connectivity index (χ0) is 15.2. The Morgan fingerprint density at radius 3 is 2.71 bits per heavy atom. The summed E-state index contributed by atoms with van der Waals surface area (Å²) in [5.41, 5.74) is 3.29. The molecule has 2 aromatic carbocycles. The van der Waals surface area contributed by atoms with Gasteiger partial charge in [0.15, 0.2) is 0 Å². The first-order valence-corrected chi connectivity index (χ1v) is 6.68. The first kappa shape index (κ1) is 15.1. The van der Waals surface area contributed by atoms with Gasteiger partial charge in [0.05, 0.1) is 5.56 Å². The molecule has 0 fully saturated rings. The molecule has 0 radical (unpaired) electrons. The van der Waals surface area contributed by atoms with Gasteiger partial charge in [-0.3, -0.25) is 0 Å². The maximum Gasteiger partial charge on any atom is 0.138 e. The monoisotopic (exact) mass is 284 g/mol. The lowest BCUT2D eigenvalue weighted by atomic mass is 10.1. The van der Waals surface area contributed by atoms with Gasteiger partial charge in [0.1, 0.15) is 24.8 Å². The first-order chi connectivity index (χ1) is 10.1. The highest BCUT2D eigenvalue weighted by Crippen LogP contribution is 2.21. The second-order valence-corrected chi connectivity index (χ2v) is 4.83. The molecule has 0 spiro atoms. The molecule has 108 valence electrons. The van der Waals surface area contributed by atoms with Crippen molar-refractivity contribution in [3.63, 3.8) is 0 Å². The van der Waals surface area contributed by atoms with E-state index in [0.717, 1.165) is 22.4 Å². The van der Waals surface area contributed by atoms with Crippen molar-refractivity contribution >= 4 is 0 Å². The van der Waals surface area contributed by atoms with E-state index in [0.29, 0.717) is 6.61 Å². The lowest BCUT2D eigenvalue weighted by molar-refractivity contribution is 0.303. The fourth-order valence-corrected chi connectivity index (χ4v) is 1.92. The van der Waals surface area contributed by atoms with E-state index in [1.807, 2.05) is 32.0 Å². The largest absolute Gasteiger partial charge is 0.489 e. The Hall–Kier alpha value is -2.31. The number of aliphatic hydroxyl groups is 1. The van der Waals surface area contributed by atoms with Gasteiger partial charge in [0, 0.05) is 0 Å². The molecule has 0 unspecified atom stereocenters. The van der Waals surface area contributed by atoms with E-state index < -0.39 is 5.82 Å². The Balaban J connectivity index is 2.15. The molecule has 21 heavy (non-hydrogen) atoms. The molecular weight excluding hydrogens is 267 g/mol. The Morgan fingerprint density at radius 2 is 1.95 bits per heavy atom. The van der Waals surface area contributed by atoms with E-state index in [9.17, 15) is 4.39 Å². The van der Waals surface area contributed by atoms with Crippen LogP contribution in [0.15, 0.2) is 36.4 Å². The summed E-state index contributed by atoms with van der Waals surface area (Å²) in [6, 6.07) is 10.7. The van der Waals surface area contributed by atoms with Crippen LogP contribution in [0.2, 0.25) is 0 Å². The molecule has 2 aromatic rings. The van der Waals surface area contributed by atoms with Crippen molar-refractivity contribution in [2.75, 3.05) is 6.61 Å². The SMILES string of the molecule is Cc1ccc(C)c(OCc2ccc(F)c(C#CCO)c2)c1. The Kier molecular flexibility index (Phi) is 4.97. The highest BCUT2D eigenvalue weighted by molar-refractivity contribution is 5.39. The summed E-state index contributed by atoms with van der Waals surface area (Å²) in [6.45, 7) is 4.05. The van der Waals surface area contributed by atoms with Crippen LogP contribution in [0.3, 0.4) is 0 Å². The summed E-state index contributed by atoms with van der Waals surface area (Å²) in [6.07, 6.45) is 0. The minimum Gasteiger partial charge on any atom is -0.489 e. The van der Waals surface area contributed by atoms with Gasteiger partial charge < -0.3 is 9.84 Å². The van der Waals surface area contributed by atoms with Crippen molar-refractivity contribution in [2.45, 2.75) is 20.5 Å². The smallest absolute Gasteiger partial charge is 0.138 e. The molecule has 2 rings (SSSR count). The van der Waals surface area contributed by atoms with Gasteiger partial charge in [-0.05, 0) is 48.7 Å². The van der Waals surface area contributed by atoms with Crippen LogP contribution in [0.1, 0.15) is 22.3 Å². The highest BCUT2D eigenvalue weighted by atomic mass is 19.1.